The normalized spacial score (nSPS) is 27.6. The van der Waals surface area contributed by atoms with Crippen LogP contribution in [0.3, 0.4) is 0 Å². The molecule has 2 N–H and O–H groups in total. The Balaban J connectivity index is 1.39. The lowest BCUT2D eigenvalue weighted by Crippen LogP contribution is -2.32. The van der Waals surface area contributed by atoms with E-state index in [0.717, 1.165) is 25.9 Å². The van der Waals surface area contributed by atoms with Crippen molar-refractivity contribution in [2.24, 2.45) is 11.8 Å². The molecule has 5 unspecified atom stereocenters. The number of hydroxylamine groups is 1. The van der Waals surface area contributed by atoms with Crippen LogP contribution < -0.4 is 5.48 Å². The first kappa shape index (κ1) is 20.3. The van der Waals surface area contributed by atoms with Gasteiger partial charge in [-0.15, -0.1) is 0 Å². The van der Waals surface area contributed by atoms with Crippen molar-refractivity contribution in [3.63, 3.8) is 0 Å². The number of rotatable bonds is 11. The lowest BCUT2D eigenvalue weighted by atomic mass is 9.78. The van der Waals surface area contributed by atoms with Gasteiger partial charge in [0.1, 0.15) is 0 Å². The van der Waals surface area contributed by atoms with Crippen molar-refractivity contribution >= 4 is 5.91 Å². The molecule has 3 rings (SSSR count). The highest BCUT2D eigenvalue weighted by atomic mass is 16.5. The van der Waals surface area contributed by atoms with Crippen molar-refractivity contribution in [3.05, 3.63) is 35.9 Å². The molecular weight excluding hydrogens is 346 g/mol. The third-order valence-corrected chi connectivity index (χ3v) is 5.77. The lowest BCUT2D eigenvalue weighted by Gasteiger charge is -2.28. The van der Waals surface area contributed by atoms with Crippen LogP contribution in [0.4, 0.5) is 0 Å². The maximum Gasteiger partial charge on any atom is 0.243 e. The predicted octanol–water partition coefficient (Wildman–Crippen LogP) is 3.08. The maximum absolute atomic E-state index is 11.1. The van der Waals surface area contributed by atoms with Crippen molar-refractivity contribution in [2.75, 3.05) is 13.2 Å². The van der Waals surface area contributed by atoms with Crippen LogP contribution in [0.2, 0.25) is 0 Å². The van der Waals surface area contributed by atoms with Crippen LogP contribution in [-0.4, -0.2) is 42.6 Å². The summed E-state index contributed by atoms with van der Waals surface area (Å²) >= 11 is 0. The van der Waals surface area contributed by atoms with E-state index in [4.69, 9.17) is 19.4 Å². The van der Waals surface area contributed by atoms with E-state index < -0.39 is 0 Å². The number of amides is 1. The van der Waals surface area contributed by atoms with Crippen LogP contribution in [0.25, 0.3) is 0 Å². The average molecular weight is 377 g/mol. The van der Waals surface area contributed by atoms with Gasteiger partial charge in [-0.25, -0.2) is 5.48 Å². The van der Waals surface area contributed by atoms with Crippen molar-refractivity contribution in [1.29, 1.82) is 0 Å². The molecule has 0 aliphatic carbocycles. The summed E-state index contributed by atoms with van der Waals surface area (Å²) in [7, 11) is 0. The maximum atomic E-state index is 11.1. The highest BCUT2D eigenvalue weighted by molar-refractivity contribution is 5.74. The number of hydrogen-bond donors (Lipinski definition) is 2. The van der Waals surface area contributed by atoms with Crippen LogP contribution in [0.5, 0.6) is 0 Å². The third-order valence-electron chi connectivity index (χ3n) is 5.77. The highest BCUT2D eigenvalue weighted by Gasteiger charge is 2.48. The minimum atomic E-state index is -0.373. The molecule has 2 bridgehead atoms. The van der Waals surface area contributed by atoms with Gasteiger partial charge < -0.3 is 14.2 Å². The van der Waals surface area contributed by atoms with E-state index in [0.29, 0.717) is 43.7 Å². The van der Waals surface area contributed by atoms with Gasteiger partial charge in [-0.05, 0) is 44.1 Å². The zero-order chi connectivity index (χ0) is 19.1. The van der Waals surface area contributed by atoms with Gasteiger partial charge in [-0.2, -0.15) is 0 Å². The molecule has 2 saturated heterocycles. The Bertz CT molecular complexity index is 581. The Morgan fingerprint density at radius 3 is 2.74 bits per heavy atom. The van der Waals surface area contributed by atoms with Gasteiger partial charge in [-0.3, -0.25) is 10.0 Å². The molecule has 2 fully saturated rings. The second-order valence-electron chi connectivity index (χ2n) is 7.66. The molecule has 5 atom stereocenters. The summed E-state index contributed by atoms with van der Waals surface area (Å²) in [5.74, 6) is 0.543. The molecule has 27 heavy (non-hydrogen) atoms. The van der Waals surface area contributed by atoms with Crippen molar-refractivity contribution < 1.29 is 24.2 Å². The molecule has 150 valence electrons. The molecule has 1 aromatic rings. The molecule has 6 nitrogen and oxygen atoms in total. The van der Waals surface area contributed by atoms with E-state index in [2.05, 4.69) is 12.1 Å². The summed E-state index contributed by atoms with van der Waals surface area (Å²) in [5.41, 5.74) is 2.85. The number of ether oxygens (including phenoxy) is 3. The molecule has 0 saturated carbocycles. The molecule has 0 radical (unpaired) electrons. The minimum Gasteiger partial charge on any atom is -0.378 e. The van der Waals surface area contributed by atoms with E-state index >= 15 is 0 Å². The molecule has 2 heterocycles. The number of benzene rings is 1. The third kappa shape index (κ3) is 5.75. The summed E-state index contributed by atoms with van der Waals surface area (Å²) in [6, 6.07) is 10.2. The van der Waals surface area contributed by atoms with Crippen molar-refractivity contribution in [1.82, 2.24) is 5.48 Å². The Labute approximate surface area is 161 Å². The minimum absolute atomic E-state index is 0.00501. The summed E-state index contributed by atoms with van der Waals surface area (Å²) in [6.45, 7) is 3.99. The first-order valence-electron chi connectivity index (χ1n) is 9.99. The first-order chi connectivity index (χ1) is 13.2. The number of fused-ring (bicyclic) bond motifs is 2. The number of carbonyl (C=O) groups is 1. The molecule has 2 aliphatic rings. The van der Waals surface area contributed by atoms with Crippen LogP contribution in [-0.2, 0) is 25.6 Å². The van der Waals surface area contributed by atoms with Gasteiger partial charge >= 0.3 is 0 Å². The molecule has 6 heteroatoms. The zero-order valence-corrected chi connectivity index (χ0v) is 16.0. The Morgan fingerprint density at radius 1 is 1.26 bits per heavy atom. The van der Waals surface area contributed by atoms with E-state index in [1.807, 2.05) is 25.1 Å². The molecule has 0 aromatic heterocycles. The van der Waals surface area contributed by atoms with E-state index in [9.17, 15) is 4.79 Å². The van der Waals surface area contributed by atoms with Crippen molar-refractivity contribution in [2.45, 2.75) is 63.9 Å². The average Bonchev–Trinajstić information content (AvgIpc) is 3.29. The summed E-state index contributed by atoms with van der Waals surface area (Å²) in [4.78, 5) is 11.1. The Kier molecular flexibility index (Phi) is 7.64. The van der Waals surface area contributed by atoms with Gasteiger partial charge in [0, 0.05) is 18.9 Å². The standard InChI is InChI=1S/C21H31NO5/c1-15(7-10-21(23)22-24)26-12-11-17-18(20-9-8-19(17)27-20)14-25-13-16-5-3-2-4-6-16/h2-6,15,17-20,24H,7-14H2,1H3,(H,22,23). The molecule has 1 amide bonds. The quantitative estimate of drug-likeness (QED) is 0.458. The molecule has 2 aliphatic heterocycles. The van der Waals surface area contributed by atoms with Gasteiger partial charge in [0.25, 0.3) is 0 Å². The summed E-state index contributed by atoms with van der Waals surface area (Å²) in [5, 5.41) is 8.53. The monoisotopic (exact) mass is 377 g/mol. The SMILES string of the molecule is CC(CCC(=O)NO)OCCC1C2CCC(O2)C1COCc1ccccc1. The number of nitrogens with one attached hydrogen (secondary N) is 1. The lowest BCUT2D eigenvalue weighted by molar-refractivity contribution is -0.129. The summed E-state index contributed by atoms with van der Waals surface area (Å²) in [6.07, 6.45) is 4.74. The summed E-state index contributed by atoms with van der Waals surface area (Å²) < 4.78 is 18.0. The van der Waals surface area contributed by atoms with Crippen LogP contribution in [0, 0.1) is 11.8 Å². The largest absolute Gasteiger partial charge is 0.378 e. The smallest absolute Gasteiger partial charge is 0.243 e. The predicted molar refractivity (Wildman–Crippen MR) is 100 cm³/mol. The van der Waals surface area contributed by atoms with E-state index in [-0.39, 0.29) is 18.4 Å². The fourth-order valence-corrected chi connectivity index (χ4v) is 4.27. The van der Waals surface area contributed by atoms with Crippen LogP contribution in [0.1, 0.15) is 44.6 Å². The highest BCUT2D eigenvalue weighted by Crippen LogP contribution is 2.45. The van der Waals surface area contributed by atoms with Crippen molar-refractivity contribution in [3.8, 4) is 0 Å². The Morgan fingerprint density at radius 2 is 2.00 bits per heavy atom. The first-order valence-corrected chi connectivity index (χ1v) is 9.99. The van der Waals surface area contributed by atoms with E-state index in [1.54, 1.807) is 5.48 Å². The topological polar surface area (TPSA) is 77.0 Å². The zero-order valence-electron chi connectivity index (χ0n) is 16.0. The molecular formula is C21H31NO5. The Hall–Kier alpha value is -1.47. The molecule has 1 aromatic carbocycles. The van der Waals surface area contributed by atoms with Gasteiger partial charge in [0.05, 0.1) is 31.5 Å². The van der Waals surface area contributed by atoms with Gasteiger partial charge in [0.2, 0.25) is 5.91 Å². The van der Waals surface area contributed by atoms with E-state index in [1.165, 1.54) is 5.56 Å². The second-order valence-corrected chi connectivity index (χ2v) is 7.66. The fourth-order valence-electron chi connectivity index (χ4n) is 4.27. The van der Waals surface area contributed by atoms with Gasteiger partial charge in [0.15, 0.2) is 0 Å². The van der Waals surface area contributed by atoms with Gasteiger partial charge in [-0.1, -0.05) is 30.3 Å². The number of carbonyl (C=O) groups excluding carboxylic acids is 1. The second kappa shape index (κ2) is 10.2. The van der Waals surface area contributed by atoms with Crippen LogP contribution in [0.15, 0.2) is 30.3 Å². The fraction of sp³-hybridized carbons (Fsp3) is 0.667. The number of hydrogen-bond acceptors (Lipinski definition) is 5. The molecule has 0 spiro atoms. The van der Waals surface area contributed by atoms with Crippen LogP contribution >= 0.6 is 0 Å².